The summed E-state index contributed by atoms with van der Waals surface area (Å²) in [7, 11) is -1.98. The topological polar surface area (TPSA) is 66.9 Å². The Kier molecular flexibility index (Phi) is 7.31. The zero-order valence-corrected chi connectivity index (χ0v) is 18.5. The average Bonchev–Trinajstić information content (AvgIpc) is 2.77. The van der Waals surface area contributed by atoms with Gasteiger partial charge in [0.1, 0.15) is 18.9 Å². The summed E-state index contributed by atoms with van der Waals surface area (Å²) < 4.78 is 31.6. The molecule has 0 aliphatic heterocycles. The molecule has 31 heavy (non-hydrogen) atoms. The van der Waals surface area contributed by atoms with Crippen LogP contribution in [0.1, 0.15) is 11.1 Å². The number of nitrogens with zero attached hydrogens (tertiary/aromatic N) is 2. The SMILES string of the molecule is CN(Cc1ccccc1)C(=O)CN(c1ccc(OCc2ccccc2)cc1)S(C)(=O)=O. The molecule has 0 aromatic heterocycles. The van der Waals surface area contributed by atoms with E-state index >= 15 is 0 Å². The summed E-state index contributed by atoms with van der Waals surface area (Å²) >= 11 is 0. The second kappa shape index (κ2) is 10.1. The molecule has 0 unspecified atom stereocenters. The summed E-state index contributed by atoms with van der Waals surface area (Å²) in [5, 5.41) is 0. The molecule has 0 spiro atoms. The molecule has 0 saturated carbocycles. The lowest BCUT2D eigenvalue weighted by Crippen LogP contribution is -2.41. The molecule has 0 atom stereocenters. The van der Waals surface area contributed by atoms with Gasteiger partial charge in [-0.2, -0.15) is 0 Å². The largest absolute Gasteiger partial charge is 0.489 e. The second-order valence-corrected chi connectivity index (χ2v) is 9.18. The lowest BCUT2D eigenvalue weighted by atomic mass is 10.2. The van der Waals surface area contributed by atoms with Crippen molar-refractivity contribution in [1.29, 1.82) is 0 Å². The summed E-state index contributed by atoms with van der Waals surface area (Å²) in [5.74, 6) is 0.326. The first kappa shape index (κ1) is 22.4. The molecule has 162 valence electrons. The van der Waals surface area contributed by atoms with E-state index in [1.807, 2.05) is 60.7 Å². The first-order valence-electron chi connectivity index (χ1n) is 9.85. The summed E-state index contributed by atoms with van der Waals surface area (Å²) in [6.07, 6.45) is 1.09. The normalized spacial score (nSPS) is 11.0. The van der Waals surface area contributed by atoms with E-state index in [9.17, 15) is 13.2 Å². The lowest BCUT2D eigenvalue weighted by molar-refractivity contribution is -0.128. The van der Waals surface area contributed by atoms with E-state index in [4.69, 9.17) is 4.74 Å². The molecule has 3 aromatic carbocycles. The molecule has 6 nitrogen and oxygen atoms in total. The second-order valence-electron chi connectivity index (χ2n) is 7.27. The van der Waals surface area contributed by atoms with Crippen LogP contribution in [0.15, 0.2) is 84.9 Å². The third kappa shape index (κ3) is 6.58. The predicted molar refractivity (Wildman–Crippen MR) is 122 cm³/mol. The fourth-order valence-corrected chi connectivity index (χ4v) is 3.89. The maximum atomic E-state index is 12.7. The number of likely N-dealkylation sites (N-methyl/N-ethyl adjacent to an activating group) is 1. The number of anilines is 1. The molecule has 3 rings (SSSR count). The van der Waals surface area contributed by atoms with Gasteiger partial charge in [-0.1, -0.05) is 60.7 Å². The first-order chi connectivity index (χ1) is 14.8. The van der Waals surface area contributed by atoms with Crippen LogP contribution >= 0.6 is 0 Å². The minimum absolute atomic E-state index is 0.271. The lowest BCUT2D eigenvalue weighted by Gasteiger charge is -2.25. The van der Waals surface area contributed by atoms with Crippen molar-refractivity contribution in [3.05, 3.63) is 96.1 Å². The Morgan fingerprint density at radius 2 is 1.39 bits per heavy atom. The summed E-state index contributed by atoms with van der Waals surface area (Å²) in [6, 6.07) is 26.0. The van der Waals surface area contributed by atoms with Crippen LogP contribution in [0.4, 0.5) is 5.69 Å². The van der Waals surface area contributed by atoms with Crippen molar-refractivity contribution in [2.75, 3.05) is 24.2 Å². The van der Waals surface area contributed by atoms with Crippen molar-refractivity contribution < 1.29 is 17.9 Å². The molecule has 0 heterocycles. The highest BCUT2D eigenvalue weighted by Crippen LogP contribution is 2.22. The highest BCUT2D eigenvalue weighted by Gasteiger charge is 2.23. The van der Waals surface area contributed by atoms with Crippen molar-refractivity contribution in [3.63, 3.8) is 0 Å². The Balaban J connectivity index is 1.67. The smallest absolute Gasteiger partial charge is 0.243 e. The highest BCUT2D eigenvalue weighted by molar-refractivity contribution is 7.92. The number of rotatable bonds is 9. The van der Waals surface area contributed by atoms with Crippen LogP contribution < -0.4 is 9.04 Å². The summed E-state index contributed by atoms with van der Waals surface area (Å²) in [4.78, 5) is 14.2. The molecular formula is C24H26N2O4S. The fourth-order valence-electron chi connectivity index (χ4n) is 3.04. The molecule has 1 amide bonds. The van der Waals surface area contributed by atoms with Crippen molar-refractivity contribution in [2.45, 2.75) is 13.2 Å². The van der Waals surface area contributed by atoms with Gasteiger partial charge in [-0.05, 0) is 35.4 Å². The molecular weight excluding hydrogens is 412 g/mol. The van der Waals surface area contributed by atoms with Gasteiger partial charge in [0.15, 0.2) is 0 Å². The molecule has 0 aliphatic carbocycles. The number of amides is 1. The molecule has 7 heteroatoms. The van der Waals surface area contributed by atoms with E-state index in [1.165, 1.54) is 4.90 Å². The number of ether oxygens (including phenoxy) is 1. The van der Waals surface area contributed by atoms with Gasteiger partial charge in [-0.3, -0.25) is 9.10 Å². The third-order valence-corrected chi connectivity index (χ3v) is 5.88. The van der Waals surface area contributed by atoms with Crippen molar-refractivity contribution >= 4 is 21.6 Å². The van der Waals surface area contributed by atoms with Gasteiger partial charge >= 0.3 is 0 Å². The van der Waals surface area contributed by atoms with E-state index in [-0.39, 0.29) is 12.5 Å². The Morgan fingerprint density at radius 1 is 0.839 bits per heavy atom. The molecule has 0 bridgehead atoms. The molecule has 0 N–H and O–H groups in total. The van der Waals surface area contributed by atoms with E-state index < -0.39 is 10.0 Å². The van der Waals surface area contributed by atoms with E-state index in [0.29, 0.717) is 24.6 Å². The van der Waals surface area contributed by atoms with E-state index in [1.54, 1.807) is 31.3 Å². The number of hydrogen-bond donors (Lipinski definition) is 0. The third-order valence-electron chi connectivity index (χ3n) is 4.74. The Morgan fingerprint density at radius 3 is 1.94 bits per heavy atom. The van der Waals surface area contributed by atoms with E-state index in [2.05, 4.69) is 0 Å². The van der Waals surface area contributed by atoms with Crippen LogP contribution in [-0.4, -0.2) is 39.1 Å². The number of carbonyl (C=O) groups excluding carboxylic acids is 1. The molecule has 0 aliphatic rings. The maximum absolute atomic E-state index is 12.7. The van der Waals surface area contributed by atoms with Gasteiger partial charge in [0, 0.05) is 13.6 Å². The monoisotopic (exact) mass is 438 g/mol. The van der Waals surface area contributed by atoms with Gasteiger partial charge in [-0.25, -0.2) is 8.42 Å². The number of carbonyl (C=O) groups is 1. The van der Waals surface area contributed by atoms with Crippen LogP contribution in [0.25, 0.3) is 0 Å². The fraction of sp³-hybridized carbons (Fsp3) is 0.208. The van der Waals surface area contributed by atoms with Crippen LogP contribution in [0.3, 0.4) is 0 Å². The van der Waals surface area contributed by atoms with Gasteiger partial charge in [0.2, 0.25) is 15.9 Å². The predicted octanol–water partition coefficient (Wildman–Crippen LogP) is 3.69. The van der Waals surface area contributed by atoms with Crippen molar-refractivity contribution in [1.82, 2.24) is 4.90 Å². The molecule has 0 fully saturated rings. The quantitative estimate of drug-likeness (QED) is 0.511. The zero-order chi connectivity index (χ0) is 22.3. The van der Waals surface area contributed by atoms with Gasteiger partial charge in [0.25, 0.3) is 0 Å². The molecule has 3 aromatic rings. The van der Waals surface area contributed by atoms with Crippen molar-refractivity contribution in [3.8, 4) is 5.75 Å². The summed E-state index contributed by atoms with van der Waals surface area (Å²) in [5.41, 5.74) is 2.43. The van der Waals surface area contributed by atoms with Crippen LogP contribution in [0.2, 0.25) is 0 Å². The standard InChI is InChI=1S/C24H26N2O4S/c1-25(17-20-9-5-3-6-10-20)24(27)18-26(31(2,28)29)22-13-15-23(16-14-22)30-19-21-11-7-4-8-12-21/h3-16H,17-19H2,1-2H3. The highest BCUT2D eigenvalue weighted by atomic mass is 32.2. The Bertz CT molecular complexity index is 1090. The van der Waals surface area contributed by atoms with Crippen LogP contribution in [-0.2, 0) is 28.0 Å². The first-order valence-corrected chi connectivity index (χ1v) is 11.7. The van der Waals surface area contributed by atoms with Gasteiger partial charge in [-0.15, -0.1) is 0 Å². The van der Waals surface area contributed by atoms with E-state index in [0.717, 1.165) is 21.7 Å². The Hall–Kier alpha value is -3.32. The minimum atomic E-state index is -3.64. The van der Waals surface area contributed by atoms with Crippen LogP contribution in [0.5, 0.6) is 5.75 Å². The van der Waals surface area contributed by atoms with Crippen molar-refractivity contribution in [2.24, 2.45) is 0 Å². The average molecular weight is 439 g/mol. The van der Waals surface area contributed by atoms with Gasteiger partial charge in [0.05, 0.1) is 11.9 Å². The van der Waals surface area contributed by atoms with Crippen LogP contribution in [0, 0.1) is 0 Å². The molecule has 0 radical (unpaired) electrons. The summed E-state index contributed by atoms with van der Waals surface area (Å²) in [6.45, 7) is 0.550. The number of sulfonamides is 1. The number of benzene rings is 3. The molecule has 0 saturated heterocycles. The zero-order valence-electron chi connectivity index (χ0n) is 17.6. The van der Waals surface area contributed by atoms with Gasteiger partial charge < -0.3 is 9.64 Å². The maximum Gasteiger partial charge on any atom is 0.243 e. The Labute approximate surface area is 183 Å². The minimum Gasteiger partial charge on any atom is -0.489 e. The number of hydrogen-bond acceptors (Lipinski definition) is 4.